The van der Waals surface area contributed by atoms with E-state index in [1.54, 1.807) is 0 Å². The van der Waals surface area contributed by atoms with Gasteiger partial charge in [-0.15, -0.1) is 0 Å². The van der Waals surface area contributed by atoms with Crippen LogP contribution in [-0.2, 0) is 14.2 Å². The molecule has 5 atom stereocenters. The van der Waals surface area contributed by atoms with E-state index in [0.717, 1.165) is 39.0 Å². The smallest absolute Gasteiger partial charge is 0.409 e. The van der Waals surface area contributed by atoms with Crippen molar-refractivity contribution >= 4 is 6.09 Å². The van der Waals surface area contributed by atoms with Gasteiger partial charge in [-0.1, -0.05) is 26.0 Å². The fourth-order valence-electron chi connectivity index (χ4n) is 6.28. The molecule has 5 nitrogen and oxygen atoms in total. The molecule has 1 amide bonds. The van der Waals surface area contributed by atoms with Crippen LogP contribution in [0.2, 0.25) is 0 Å². The summed E-state index contributed by atoms with van der Waals surface area (Å²) in [5.41, 5.74) is 1.68. The maximum atomic E-state index is 11.8. The summed E-state index contributed by atoms with van der Waals surface area (Å²) in [5, 5.41) is 0. The highest BCUT2D eigenvalue weighted by molar-refractivity contribution is 5.69. The van der Waals surface area contributed by atoms with Crippen molar-refractivity contribution < 1.29 is 19.0 Å². The van der Waals surface area contributed by atoms with Crippen molar-refractivity contribution in [3.05, 3.63) is 12.2 Å². The van der Waals surface area contributed by atoms with Gasteiger partial charge in [0.15, 0.2) is 0 Å². The molecule has 4 aliphatic rings. The Bertz CT molecular complexity index is 564. The number of ether oxygens (including phenoxy) is 3. The Morgan fingerprint density at radius 3 is 2.88 bits per heavy atom. The average Bonchev–Trinajstić information content (AvgIpc) is 2.98. The summed E-state index contributed by atoms with van der Waals surface area (Å²) in [7, 11) is 0. The fraction of sp³-hybridized carbons (Fsp3) is 0.850. The summed E-state index contributed by atoms with van der Waals surface area (Å²) in [6.07, 6.45) is 5.68. The van der Waals surface area contributed by atoms with Crippen LogP contribution in [0.25, 0.3) is 0 Å². The normalized spacial score (nSPS) is 44.2. The Hall–Kier alpha value is -1.07. The highest BCUT2D eigenvalue weighted by Crippen LogP contribution is 2.62. The van der Waals surface area contributed by atoms with Gasteiger partial charge in [-0.05, 0) is 49.4 Å². The zero-order chi connectivity index (χ0) is 17.7. The second kappa shape index (κ2) is 6.27. The summed E-state index contributed by atoms with van der Waals surface area (Å²) in [6, 6.07) is 0. The van der Waals surface area contributed by atoms with E-state index in [2.05, 4.69) is 20.4 Å². The number of cyclic esters (lactones) is 1. The van der Waals surface area contributed by atoms with E-state index >= 15 is 0 Å². The largest absolute Gasteiger partial charge is 0.448 e. The second-order valence-corrected chi connectivity index (χ2v) is 8.86. The van der Waals surface area contributed by atoms with Gasteiger partial charge in [0, 0.05) is 12.0 Å². The SMILES string of the molecule is C=C1CCC2[C@]3(C)COCO[C@@H]3CC[C@@]2(C)[C@@H]1CCN1CCOC1=O. The number of rotatable bonds is 3. The van der Waals surface area contributed by atoms with Gasteiger partial charge in [0.25, 0.3) is 0 Å². The molecular weight excluding hydrogens is 318 g/mol. The van der Waals surface area contributed by atoms with E-state index in [0.29, 0.717) is 31.3 Å². The van der Waals surface area contributed by atoms with Crippen LogP contribution in [0, 0.1) is 22.7 Å². The van der Waals surface area contributed by atoms with Crippen LogP contribution in [0.1, 0.15) is 46.0 Å². The highest BCUT2D eigenvalue weighted by Gasteiger charge is 2.59. The lowest BCUT2D eigenvalue weighted by atomic mass is 9.46. The van der Waals surface area contributed by atoms with Crippen LogP contribution < -0.4 is 0 Å². The molecule has 0 aromatic rings. The van der Waals surface area contributed by atoms with E-state index in [1.807, 2.05) is 4.90 Å². The monoisotopic (exact) mass is 349 g/mol. The molecule has 0 bridgehead atoms. The molecule has 2 heterocycles. The molecule has 25 heavy (non-hydrogen) atoms. The molecule has 0 radical (unpaired) electrons. The molecule has 4 rings (SSSR count). The molecule has 0 N–H and O–H groups in total. The van der Waals surface area contributed by atoms with Crippen LogP contribution >= 0.6 is 0 Å². The summed E-state index contributed by atoms with van der Waals surface area (Å²) < 4.78 is 16.8. The van der Waals surface area contributed by atoms with Crippen LogP contribution in [0.5, 0.6) is 0 Å². The molecule has 2 aliphatic carbocycles. The first kappa shape index (κ1) is 17.3. The average molecular weight is 349 g/mol. The van der Waals surface area contributed by atoms with E-state index in [4.69, 9.17) is 14.2 Å². The maximum Gasteiger partial charge on any atom is 0.409 e. The zero-order valence-corrected chi connectivity index (χ0v) is 15.6. The lowest BCUT2D eigenvalue weighted by Gasteiger charge is -2.62. The van der Waals surface area contributed by atoms with Crippen molar-refractivity contribution in [1.29, 1.82) is 0 Å². The molecule has 2 saturated heterocycles. The van der Waals surface area contributed by atoms with Gasteiger partial charge in [0.05, 0.1) is 19.3 Å². The number of nitrogens with zero attached hydrogens (tertiary/aromatic N) is 1. The third-order valence-corrected chi connectivity index (χ3v) is 7.61. The first-order chi connectivity index (χ1) is 11.9. The lowest BCUT2D eigenvalue weighted by Crippen LogP contribution is -2.60. The van der Waals surface area contributed by atoms with Crippen LogP contribution in [0.4, 0.5) is 4.79 Å². The molecule has 2 aliphatic heterocycles. The van der Waals surface area contributed by atoms with Crippen LogP contribution in [0.15, 0.2) is 12.2 Å². The Morgan fingerprint density at radius 2 is 2.12 bits per heavy atom. The molecule has 0 spiro atoms. The van der Waals surface area contributed by atoms with E-state index in [-0.39, 0.29) is 16.9 Å². The Labute approximate surface area is 150 Å². The Kier molecular flexibility index (Phi) is 4.35. The molecule has 140 valence electrons. The number of carbonyl (C=O) groups excluding carboxylic acids is 1. The first-order valence-electron chi connectivity index (χ1n) is 9.74. The summed E-state index contributed by atoms with van der Waals surface area (Å²) in [5.74, 6) is 1.04. The first-order valence-corrected chi connectivity index (χ1v) is 9.74. The quantitative estimate of drug-likeness (QED) is 0.731. The number of allylic oxidation sites excluding steroid dienone is 1. The van der Waals surface area contributed by atoms with E-state index in [9.17, 15) is 4.79 Å². The number of carbonyl (C=O) groups is 1. The Balaban J connectivity index is 1.54. The minimum absolute atomic E-state index is 0.0940. The van der Waals surface area contributed by atoms with Gasteiger partial charge in [-0.25, -0.2) is 4.79 Å². The third kappa shape index (κ3) is 2.71. The minimum Gasteiger partial charge on any atom is -0.448 e. The highest BCUT2D eigenvalue weighted by atomic mass is 16.7. The number of fused-ring (bicyclic) bond motifs is 3. The van der Waals surface area contributed by atoms with Crippen molar-refractivity contribution in [2.75, 3.05) is 33.1 Å². The minimum atomic E-state index is -0.159. The van der Waals surface area contributed by atoms with Gasteiger partial charge < -0.3 is 19.1 Å². The van der Waals surface area contributed by atoms with E-state index < -0.39 is 0 Å². The molecule has 2 saturated carbocycles. The lowest BCUT2D eigenvalue weighted by molar-refractivity contribution is -0.260. The fourth-order valence-corrected chi connectivity index (χ4v) is 6.28. The molecular formula is C20H31NO4. The summed E-state index contributed by atoms with van der Waals surface area (Å²) in [6.45, 7) is 12.5. The predicted molar refractivity (Wildman–Crippen MR) is 94.0 cm³/mol. The Morgan fingerprint density at radius 1 is 1.28 bits per heavy atom. The van der Waals surface area contributed by atoms with Gasteiger partial charge in [-0.3, -0.25) is 0 Å². The van der Waals surface area contributed by atoms with Crippen LogP contribution in [-0.4, -0.2) is 50.2 Å². The van der Waals surface area contributed by atoms with Gasteiger partial charge in [0.1, 0.15) is 13.4 Å². The van der Waals surface area contributed by atoms with Crippen molar-refractivity contribution in [2.24, 2.45) is 22.7 Å². The number of hydrogen-bond donors (Lipinski definition) is 0. The maximum absolute atomic E-state index is 11.8. The molecule has 0 aromatic heterocycles. The van der Waals surface area contributed by atoms with Crippen molar-refractivity contribution in [3.8, 4) is 0 Å². The standard InChI is InChI=1S/C20H31NO4/c1-14-4-5-16-19(2,8-6-17-20(16,3)12-23-13-25-17)15(14)7-9-21-10-11-24-18(21)22/h15-17H,1,4-13H2,2-3H3/t15-,16?,17-,19+,20+/m1/s1. The summed E-state index contributed by atoms with van der Waals surface area (Å²) in [4.78, 5) is 13.6. The molecule has 1 unspecified atom stereocenters. The topological polar surface area (TPSA) is 48.0 Å². The third-order valence-electron chi connectivity index (χ3n) is 7.61. The van der Waals surface area contributed by atoms with Crippen LogP contribution in [0.3, 0.4) is 0 Å². The second-order valence-electron chi connectivity index (χ2n) is 8.86. The molecule has 5 heteroatoms. The van der Waals surface area contributed by atoms with Gasteiger partial charge >= 0.3 is 6.09 Å². The van der Waals surface area contributed by atoms with Crippen molar-refractivity contribution in [1.82, 2.24) is 4.90 Å². The molecule has 4 fully saturated rings. The molecule has 0 aromatic carbocycles. The van der Waals surface area contributed by atoms with Crippen molar-refractivity contribution in [3.63, 3.8) is 0 Å². The van der Waals surface area contributed by atoms with Crippen molar-refractivity contribution in [2.45, 2.75) is 52.1 Å². The summed E-state index contributed by atoms with van der Waals surface area (Å²) >= 11 is 0. The number of hydrogen-bond acceptors (Lipinski definition) is 4. The predicted octanol–water partition coefficient (Wildman–Crippen LogP) is 3.59. The van der Waals surface area contributed by atoms with Gasteiger partial charge in [0.2, 0.25) is 0 Å². The van der Waals surface area contributed by atoms with E-state index in [1.165, 1.54) is 18.4 Å². The zero-order valence-electron chi connectivity index (χ0n) is 15.6. The van der Waals surface area contributed by atoms with Gasteiger partial charge in [-0.2, -0.15) is 0 Å². The number of amides is 1.